The van der Waals surface area contributed by atoms with Crippen molar-refractivity contribution in [1.82, 2.24) is 10.2 Å². The topological polar surface area (TPSA) is 60.0 Å². The molecule has 1 heterocycles. The van der Waals surface area contributed by atoms with Crippen molar-refractivity contribution in [3.63, 3.8) is 0 Å². The number of amides is 1. The molecule has 1 aromatic rings. The normalized spacial score (nSPS) is 15.4. The minimum absolute atomic E-state index is 0.0114. The molecule has 2 rings (SSSR count). The van der Waals surface area contributed by atoms with Gasteiger partial charge in [0.1, 0.15) is 0 Å². The Balaban J connectivity index is 1.69. The second-order valence-electron chi connectivity index (χ2n) is 5.25. The Morgan fingerprint density at radius 2 is 2.09 bits per heavy atom. The summed E-state index contributed by atoms with van der Waals surface area (Å²) >= 11 is 0. The minimum atomic E-state index is -0.129. The Morgan fingerprint density at radius 1 is 1.32 bits per heavy atom. The van der Waals surface area contributed by atoms with Gasteiger partial charge in [-0.3, -0.25) is 9.69 Å². The third-order valence-electron chi connectivity index (χ3n) is 3.53. The third kappa shape index (κ3) is 5.20. The van der Waals surface area contributed by atoms with Crippen LogP contribution in [0.2, 0.25) is 0 Å². The Labute approximate surface area is 131 Å². The highest BCUT2D eigenvalue weighted by molar-refractivity contribution is 5.77. The zero-order chi connectivity index (χ0) is 15.8. The molecule has 0 bridgehead atoms. The molecule has 0 aromatic heterocycles. The highest BCUT2D eigenvalue weighted by Gasteiger charge is 2.11. The van der Waals surface area contributed by atoms with E-state index in [0.29, 0.717) is 18.0 Å². The average molecular weight is 308 g/mol. The first-order chi connectivity index (χ1) is 10.7. The van der Waals surface area contributed by atoms with Crippen molar-refractivity contribution >= 4 is 5.91 Å². The molecule has 1 amide bonds. The SMILES string of the molecule is COc1cc(C)ccc1OCC(=O)NCCN1CCOCC1. The predicted molar refractivity (Wildman–Crippen MR) is 83.5 cm³/mol. The zero-order valence-electron chi connectivity index (χ0n) is 13.3. The first-order valence-electron chi connectivity index (χ1n) is 7.53. The molecular weight excluding hydrogens is 284 g/mol. The van der Waals surface area contributed by atoms with E-state index < -0.39 is 0 Å². The Hall–Kier alpha value is -1.79. The summed E-state index contributed by atoms with van der Waals surface area (Å²) in [6.45, 7) is 6.80. The average Bonchev–Trinajstić information content (AvgIpc) is 2.54. The molecule has 1 aliphatic rings. The lowest BCUT2D eigenvalue weighted by molar-refractivity contribution is -0.123. The quantitative estimate of drug-likeness (QED) is 0.808. The zero-order valence-corrected chi connectivity index (χ0v) is 13.3. The fourth-order valence-corrected chi connectivity index (χ4v) is 2.27. The van der Waals surface area contributed by atoms with Gasteiger partial charge < -0.3 is 19.5 Å². The van der Waals surface area contributed by atoms with Crippen LogP contribution in [0.4, 0.5) is 0 Å². The number of ether oxygens (including phenoxy) is 3. The third-order valence-corrected chi connectivity index (χ3v) is 3.53. The number of hydrogen-bond acceptors (Lipinski definition) is 5. The van der Waals surface area contributed by atoms with Gasteiger partial charge in [-0.05, 0) is 24.6 Å². The van der Waals surface area contributed by atoms with Gasteiger partial charge in [0.15, 0.2) is 18.1 Å². The number of carbonyl (C=O) groups excluding carboxylic acids is 1. The second kappa shape index (κ2) is 8.60. The van der Waals surface area contributed by atoms with Crippen LogP contribution in [0.3, 0.4) is 0 Å². The van der Waals surface area contributed by atoms with E-state index in [1.54, 1.807) is 7.11 Å². The smallest absolute Gasteiger partial charge is 0.257 e. The summed E-state index contributed by atoms with van der Waals surface area (Å²) < 4.78 is 16.0. The molecule has 0 unspecified atom stereocenters. The van der Waals surface area contributed by atoms with Crippen LogP contribution >= 0.6 is 0 Å². The van der Waals surface area contributed by atoms with Gasteiger partial charge in [0.2, 0.25) is 0 Å². The van der Waals surface area contributed by atoms with Gasteiger partial charge in [0.25, 0.3) is 5.91 Å². The van der Waals surface area contributed by atoms with E-state index >= 15 is 0 Å². The summed E-state index contributed by atoms with van der Waals surface area (Å²) in [5, 5.41) is 2.86. The Morgan fingerprint density at radius 3 is 2.82 bits per heavy atom. The molecule has 0 atom stereocenters. The van der Waals surface area contributed by atoms with Crippen LogP contribution in [0, 0.1) is 6.92 Å². The maximum atomic E-state index is 11.8. The monoisotopic (exact) mass is 308 g/mol. The lowest BCUT2D eigenvalue weighted by atomic mass is 10.2. The highest BCUT2D eigenvalue weighted by Crippen LogP contribution is 2.27. The molecule has 1 saturated heterocycles. The molecule has 6 heteroatoms. The molecule has 0 spiro atoms. The van der Waals surface area contributed by atoms with Crippen LogP contribution in [0.1, 0.15) is 5.56 Å². The summed E-state index contributed by atoms with van der Waals surface area (Å²) in [7, 11) is 1.59. The molecule has 0 saturated carbocycles. The van der Waals surface area contributed by atoms with Crippen LogP contribution in [0.5, 0.6) is 11.5 Å². The van der Waals surface area contributed by atoms with Crippen LogP contribution in [-0.2, 0) is 9.53 Å². The van der Waals surface area contributed by atoms with Crippen molar-refractivity contribution in [3.05, 3.63) is 23.8 Å². The molecule has 0 radical (unpaired) electrons. The van der Waals surface area contributed by atoms with Crippen molar-refractivity contribution in [2.45, 2.75) is 6.92 Å². The van der Waals surface area contributed by atoms with Crippen LogP contribution in [-0.4, -0.2) is 63.9 Å². The van der Waals surface area contributed by atoms with Crippen molar-refractivity contribution < 1.29 is 19.0 Å². The van der Waals surface area contributed by atoms with Gasteiger partial charge in [-0.15, -0.1) is 0 Å². The Kier molecular flexibility index (Phi) is 6.48. The number of nitrogens with zero attached hydrogens (tertiary/aromatic N) is 1. The molecule has 0 aliphatic carbocycles. The molecule has 22 heavy (non-hydrogen) atoms. The van der Waals surface area contributed by atoms with E-state index in [2.05, 4.69) is 10.2 Å². The Bertz CT molecular complexity index is 487. The fraction of sp³-hybridized carbons (Fsp3) is 0.562. The molecule has 6 nitrogen and oxygen atoms in total. The number of hydrogen-bond donors (Lipinski definition) is 1. The number of morpholine rings is 1. The van der Waals surface area contributed by atoms with Gasteiger partial charge in [-0.2, -0.15) is 0 Å². The van der Waals surface area contributed by atoms with Gasteiger partial charge >= 0.3 is 0 Å². The van der Waals surface area contributed by atoms with Crippen molar-refractivity contribution in [2.24, 2.45) is 0 Å². The number of benzene rings is 1. The molecule has 122 valence electrons. The van der Waals surface area contributed by atoms with Crippen molar-refractivity contribution in [2.75, 3.05) is 53.1 Å². The lowest BCUT2D eigenvalue weighted by Crippen LogP contribution is -2.42. The summed E-state index contributed by atoms with van der Waals surface area (Å²) in [5.74, 6) is 1.09. The highest BCUT2D eigenvalue weighted by atomic mass is 16.5. The molecule has 1 fully saturated rings. The largest absolute Gasteiger partial charge is 0.493 e. The summed E-state index contributed by atoms with van der Waals surface area (Å²) in [5.41, 5.74) is 1.08. The van der Waals surface area contributed by atoms with E-state index in [0.717, 1.165) is 38.4 Å². The summed E-state index contributed by atoms with van der Waals surface area (Å²) in [4.78, 5) is 14.1. The van der Waals surface area contributed by atoms with E-state index in [-0.39, 0.29) is 12.5 Å². The predicted octanol–water partition coefficient (Wildman–Crippen LogP) is 0.831. The number of methoxy groups -OCH3 is 1. The molecule has 1 aromatic carbocycles. The van der Waals surface area contributed by atoms with Gasteiger partial charge in [-0.25, -0.2) is 0 Å². The minimum Gasteiger partial charge on any atom is -0.493 e. The van der Waals surface area contributed by atoms with Gasteiger partial charge in [0, 0.05) is 26.2 Å². The van der Waals surface area contributed by atoms with Gasteiger partial charge in [-0.1, -0.05) is 6.07 Å². The lowest BCUT2D eigenvalue weighted by Gasteiger charge is -2.26. The summed E-state index contributed by atoms with van der Waals surface area (Å²) in [6.07, 6.45) is 0. The number of rotatable bonds is 7. The second-order valence-corrected chi connectivity index (χ2v) is 5.25. The molecule has 1 aliphatic heterocycles. The molecular formula is C16H24N2O4. The number of nitrogens with one attached hydrogen (secondary N) is 1. The van der Waals surface area contributed by atoms with Gasteiger partial charge in [0.05, 0.1) is 20.3 Å². The van der Waals surface area contributed by atoms with Crippen molar-refractivity contribution in [3.8, 4) is 11.5 Å². The fourth-order valence-electron chi connectivity index (χ4n) is 2.27. The first-order valence-corrected chi connectivity index (χ1v) is 7.53. The number of aryl methyl sites for hydroxylation is 1. The summed E-state index contributed by atoms with van der Waals surface area (Å²) in [6, 6.07) is 5.62. The molecule has 1 N–H and O–H groups in total. The van der Waals surface area contributed by atoms with Crippen LogP contribution in [0.15, 0.2) is 18.2 Å². The maximum Gasteiger partial charge on any atom is 0.257 e. The maximum absolute atomic E-state index is 11.8. The standard InChI is InChI=1S/C16H24N2O4/c1-13-3-4-14(15(11-13)20-2)22-12-16(19)17-5-6-18-7-9-21-10-8-18/h3-4,11H,5-10,12H2,1-2H3,(H,17,19). The van der Waals surface area contributed by atoms with Crippen LogP contribution in [0.25, 0.3) is 0 Å². The number of carbonyl (C=O) groups is 1. The van der Waals surface area contributed by atoms with E-state index in [4.69, 9.17) is 14.2 Å². The first kappa shape index (κ1) is 16.6. The van der Waals surface area contributed by atoms with E-state index in [1.165, 1.54) is 0 Å². The van der Waals surface area contributed by atoms with E-state index in [1.807, 2.05) is 25.1 Å². The van der Waals surface area contributed by atoms with Crippen molar-refractivity contribution in [1.29, 1.82) is 0 Å². The van der Waals surface area contributed by atoms with Crippen LogP contribution < -0.4 is 14.8 Å². The van der Waals surface area contributed by atoms with E-state index in [9.17, 15) is 4.79 Å².